The number of rotatable bonds is 7. The van der Waals surface area contributed by atoms with E-state index in [1.165, 1.54) is 12.4 Å². The second kappa shape index (κ2) is 7.97. The molecule has 0 saturated carbocycles. The van der Waals surface area contributed by atoms with E-state index in [-0.39, 0.29) is 11.6 Å². The summed E-state index contributed by atoms with van der Waals surface area (Å²) in [6.45, 7) is 4.21. The number of likely N-dealkylation sites (N-methyl/N-ethyl adjacent to an activating group) is 1. The molecule has 3 rings (SSSR count). The summed E-state index contributed by atoms with van der Waals surface area (Å²) in [5, 5.41) is 4.02. The Morgan fingerprint density at radius 3 is 2.77 bits per heavy atom. The van der Waals surface area contributed by atoms with Crippen LogP contribution in [0.15, 0.2) is 42.9 Å². The quantitative estimate of drug-likeness (QED) is 0.707. The van der Waals surface area contributed by atoms with E-state index in [0.717, 1.165) is 29.7 Å². The molecule has 0 bridgehead atoms. The van der Waals surface area contributed by atoms with Crippen molar-refractivity contribution in [3.05, 3.63) is 48.5 Å². The van der Waals surface area contributed by atoms with Crippen molar-refractivity contribution >= 4 is 22.5 Å². The van der Waals surface area contributed by atoms with Gasteiger partial charge in [-0.2, -0.15) is 0 Å². The number of carbonyl (C=O) groups is 1. The summed E-state index contributed by atoms with van der Waals surface area (Å²) in [5.74, 6) is 0.107. The van der Waals surface area contributed by atoms with Crippen LogP contribution in [-0.4, -0.2) is 52.6 Å². The summed E-state index contributed by atoms with van der Waals surface area (Å²) in [7, 11) is 4.10. The summed E-state index contributed by atoms with van der Waals surface area (Å²) in [6, 6.07) is 7.94. The smallest absolute Gasteiger partial charge is 0.275 e. The lowest BCUT2D eigenvalue weighted by Crippen LogP contribution is -2.18. The Labute approximate surface area is 152 Å². The van der Waals surface area contributed by atoms with Crippen molar-refractivity contribution < 1.29 is 9.53 Å². The lowest BCUT2D eigenvalue weighted by Gasteiger charge is -2.12. The number of anilines is 1. The van der Waals surface area contributed by atoms with Gasteiger partial charge in [-0.1, -0.05) is 6.07 Å². The highest BCUT2D eigenvalue weighted by molar-refractivity contribution is 6.03. The summed E-state index contributed by atoms with van der Waals surface area (Å²) < 4.78 is 7.42. The number of aromatic nitrogens is 3. The second-order valence-electron chi connectivity index (χ2n) is 6.21. The predicted octanol–water partition coefficient (Wildman–Crippen LogP) is 2.64. The average Bonchev–Trinajstić information content (AvgIpc) is 3.03. The molecule has 2 heterocycles. The largest absolute Gasteiger partial charge is 0.477 e. The van der Waals surface area contributed by atoms with E-state index in [4.69, 9.17) is 4.74 Å². The van der Waals surface area contributed by atoms with Gasteiger partial charge in [0.2, 0.25) is 5.88 Å². The monoisotopic (exact) mass is 353 g/mol. The molecule has 1 amide bonds. The van der Waals surface area contributed by atoms with Gasteiger partial charge in [0.15, 0.2) is 0 Å². The maximum atomic E-state index is 12.4. The van der Waals surface area contributed by atoms with Crippen LogP contribution in [0, 0.1) is 0 Å². The van der Waals surface area contributed by atoms with Crippen molar-refractivity contribution in [1.82, 2.24) is 19.4 Å². The predicted molar refractivity (Wildman–Crippen MR) is 102 cm³/mol. The summed E-state index contributed by atoms with van der Waals surface area (Å²) in [4.78, 5) is 22.7. The van der Waals surface area contributed by atoms with E-state index in [2.05, 4.69) is 51.1 Å². The Hall–Kier alpha value is -2.93. The second-order valence-corrected chi connectivity index (χ2v) is 6.21. The van der Waals surface area contributed by atoms with Gasteiger partial charge >= 0.3 is 0 Å². The molecule has 0 aliphatic carbocycles. The molecule has 26 heavy (non-hydrogen) atoms. The molecule has 0 aliphatic heterocycles. The van der Waals surface area contributed by atoms with Gasteiger partial charge < -0.3 is 19.5 Å². The topological polar surface area (TPSA) is 72.3 Å². The molecule has 0 atom stereocenters. The molecule has 7 nitrogen and oxygen atoms in total. The third kappa shape index (κ3) is 4.18. The maximum Gasteiger partial charge on any atom is 0.275 e. The number of benzene rings is 1. The average molecular weight is 353 g/mol. The van der Waals surface area contributed by atoms with Crippen LogP contribution in [0.4, 0.5) is 5.69 Å². The van der Waals surface area contributed by atoms with E-state index >= 15 is 0 Å². The summed E-state index contributed by atoms with van der Waals surface area (Å²) in [5.41, 5.74) is 2.06. The van der Waals surface area contributed by atoms with Gasteiger partial charge in [-0.3, -0.25) is 4.79 Å². The Balaban J connectivity index is 1.75. The van der Waals surface area contributed by atoms with Crippen LogP contribution < -0.4 is 10.1 Å². The number of carbonyl (C=O) groups excluding carboxylic acids is 1. The van der Waals surface area contributed by atoms with Crippen molar-refractivity contribution in [3.8, 4) is 5.88 Å². The summed E-state index contributed by atoms with van der Waals surface area (Å²) >= 11 is 0. The lowest BCUT2D eigenvalue weighted by molar-refractivity contribution is 0.102. The molecule has 2 aromatic heterocycles. The molecule has 136 valence electrons. The highest BCUT2D eigenvalue weighted by Crippen LogP contribution is 2.21. The SMILES string of the molecule is CCOc1cnc(C(=O)Nc2ccc3ccn(CCN(C)C)c3c2)cn1. The number of ether oxygens (including phenoxy) is 1. The number of nitrogens with zero attached hydrogens (tertiary/aromatic N) is 4. The van der Waals surface area contributed by atoms with Crippen molar-refractivity contribution in [2.24, 2.45) is 0 Å². The van der Waals surface area contributed by atoms with Crippen LogP contribution in [0.2, 0.25) is 0 Å². The zero-order valence-electron chi connectivity index (χ0n) is 15.3. The van der Waals surface area contributed by atoms with Crippen molar-refractivity contribution in [2.45, 2.75) is 13.5 Å². The fourth-order valence-electron chi connectivity index (χ4n) is 2.62. The van der Waals surface area contributed by atoms with Gasteiger partial charge in [0.05, 0.1) is 24.5 Å². The molecular weight excluding hydrogens is 330 g/mol. The minimum Gasteiger partial charge on any atom is -0.477 e. The van der Waals surface area contributed by atoms with Crippen LogP contribution in [0.3, 0.4) is 0 Å². The third-order valence-electron chi connectivity index (χ3n) is 3.97. The Morgan fingerprint density at radius 1 is 1.23 bits per heavy atom. The first-order valence-corrected chi connectivity index (χ1v) is 8.56. The fraction of sp³-hybridized carbons (Fsp3) is 0.316. The van der Waals surface area contributed by atoms with Crippen molar-refractivity contribution in [1.29, 1.82) is 0 Å². The minimum atomic E-state index is -0.300. The molecular formula is C19H23N5O2. The number of hydrogen-bond donors (Lipinski definition) is 1. The van der Waals surface area contributed by atoms with Crippen LogP contribution in [-0.2, 0) is 6.54 Å². The summed E-state index contributed by atoms with van der Waals surface area (Å²) in [6.07, 6.45) is 4.93. The Bertz CT molecular complexity index is 887. The lowest BCUT2D eigenvalue weighted by atomic mass is 10.2. The number of hydrogen-bond acceptors (Lipinski definition) is 5. The van der Waals surface area contributed by atoms with Crippen LogP contribution in [0.5, 0.6) is 5.88 Å². The van der Waals surface area contributed by atoms with Gasteiger partial charge in [-0.05, 0) is 44.6 Å². The third-order valence-corrected chi connectivity index (χ3v) is 3.97. The van der Waals surface area contributed by atoms with Crippen molar-refractivity contribution in [3.63, 3.8) is 0 Å². The molecule has 1 aromatic carbocycles. The van der Waals surface area contributed by atoms with E-state index in [1.54, 1.807) is 0 Å². The van der Waals surface area contributed by atoms with E-state index in [9.17, 15) is 4.79 Å². The molecule has 0 spiro atoms. The highest BCUT2D eigenvalue weighted by atomic mass is 16.5. The first-order chi connectivity index (χ1) is 12.6. The van der Waals surface area contributed by atoms with Crippen molar-refractivity contribution in [2.75, 3.05) is 32.6 Å². The Morgan fingerprint density at radius 2 is 2.08 bits per heavy atom. The standard InChI is InChI=1S/C19H23N5O2/c1-4-26-18-13-20-16(12-21-18)19(25)22-15-6-5-14-7-8-24(17(14)11-15)10-9-23(2)3/h5-8,11-13H,4,9-10H2,1-3H3,(H,22,25). The molecule has 3 aromatic rings. The van der Waals surface area contributed by atoms with E-state index < -0.39 is 0 Å². The molecule has 0 unspecified atom stereocenters. The maximum absolute atomic E-state index is 12.4. The first-order valence-electron chi connectivity index (χ1n) is 8.56. The molecule has 0 aliphatic rings. The minimum absolute atomic E-state index is 0.247. The molecule has 0 fully saturated rings. The zero-order valence-corrected chi connectivity index (χ0v) is 15.3. The van der Waals surface area contributed by atoms with Crippen LogP contribution in [0.1, 0.15) is 17.4 Å². The fourth-order valence-corrected chi connectivity index (χ4v) is 2.62. The first kappa shape index (κ1) is 17.9. The molecule has 7 heteroatoms. The van der Waals surface area contributed by atoms with E-state index in [0.29, 0.717) is 12.5 Å². The van der Waals surface area contributed by atoms with Gasteiger partial charge in [0, 0.05) is 25.0 Å². The van der Waals surface area contributed by atoms with Gasteiger partial charge in [-0.15, -0.1) is 0 Å². The number of fused-ring (bicyclic) bond motifs is 1. The van der Waals surface area contributed by atoms with Gasteiger partial charge in [0.1, 0.15) is 5.69 Å². The molecule has 0 saturated heterocycles. The number of amides is 1. The van der Waals surface area contributed by atoms with E-state index in [1.807, 2.05) is 25.1 Å². The molecule has 0 radical (unpaired) electrons. The van der Waals surface area contributed by atoms with Crippen LogP contribution in [0.25, 0.3) is 10.9 Å². The molecule has 1 N–H and O–H groups in total. The van der Waals surface area contributed by atoms with Crippen LogP contribution >= 0.6 is 0 Å². The van der Waals surface area contributed by atoms with Gasteiger partial charge in [0.25, 0.3) is 5.91 Å². The Kier molecular flexibility index (Phi) is 5.48. The normalized spacial score (nSPS) is 11.1. The highest BCUT2D eigenvalue weighted by Gasteiger charge is 2.10. The van der Waals surface area contributed by atoms with Gasteiger partial charge in [-0.25, -0.2) is 9.97 Å². The number of nitrogens with one attached hydrogen (secondary N) is 1. The zero-order chi connectivity index (χ0) is 18.5.